The first kappa shape index (κ1) is 12.1. The zero-order valence-electron chi connectivity index (χ0n) is 10.1. The molecule has 0 spiro atoms. The van der Waals surface area contributed by atoms with Crippen molar-refractivity contribution in [3.8, 4) is 0 Å². The number of aryl methyl sites for hydroxylation is 2. The maximum Gasteiger partial charge on any atom is 0.0738 e. The molecule has 0 radical (unpaired) electrons. The second-order valence-electron chi connectivity index (χ2n) is 4.88. The van der Waals surface area contributed by atoms with Crippen molar-refractivity contribution in [3.63, 3.8) is 0 Å². The van der Waals surface area contributed by atoms with E-state index in [9.17, 15) is 5.11 Å². The largest absolute Gasteiger partial charge is 0.393 e. The molecular weight excluding hydrogens is 268 g/mol. The maximum absolute atomic E-state index is 9.82. The lowest BCUT2D eigenvalue weighted by Crippen LogP contribution is -2.22. The molecule has 1 aliphatic rings. The topological polar surface area (TPSA) is 38.0 Å². The van der Waals surface area contributed by atoms with Crippen molar-refractivity contribution in [1.82, 2.24) is 9.78 Å². The number of hydrogen-bond acceptors (Lipinski definition) is 2. The number of hydrogen-bond donors (Lipinski definition) is 1. The van der Waals surface area contributed by atoms with E-state index in [0.29, 0.717) is 0 Å². The highest BCUT2D eigenvalue weighted by Crippen LogP contribution is 2.52. The Morgan fingerprint density at radius 3 is 2.62 bits per heavy atom. The van der Waals surface area contributed by atoms with Gasteiger partial charge in [-0.25, -0.2) is 0 Å². The SMILES string of the molecule is CCn1nc(C)c(Br)c1CC1(C(C)O)CC1. The standard InChI is InChI=1S/C12H19BrN2O/c1-4-15-10(11(13)8(2)14-15)7-12(5-6-12)9(3)16/h9,16H,4-7H2,1-3H3. The second kappa shape index (κ2) is 4.15. The summed E-state index contributed by atoms with van der Waals surface area (Å²) in [6.45, 7) is 6.91. The summed E-state index contributed by atoms with van der Waals surface area (Å²) in [5, 5.41) is 14.3. The number of nitrogens with zero attached hydrogens (tertiary/aromatic N) is 2. The Balaban J connectivity index is 2.27. The van der Waals surface area contributed by atoms with Crippen LogP contribution in [0.1, 0.15) is 38.1 Å². The minimum atomic E-state index is -0.222. The molecular formula is C12H19BrN2O. The van der Waals surface area contributed by atoms with Gasteiger partial charge in [-0.05, 0) is 56.0 Å². The monoisotopic (exact) mass is 286 g/mol. The van der Waals surface area contributed by atoms with Crippen LogP contribution in [-0.4, -0.2) is 21.0 Å². The van der Waals surface area contributed by atoms with Gasteiger partial charge < -0.3 is 5.11 Å². The molecule has 1 heterocycles. The van der Waals surface area contributed by atoms with Crippen LogP contribution >= 0.6 is 15.9 Å². The molecule has 2 rings (SSSR count). The van der Waals surface area contributed by atoms with Gasteiger partial charge in [0, 0.05) is 12.0 Å². The summed E-state index contributed by atoms with van der Waals surface area (Å²) in [6.07, 6.45) is 2.97. The molecule has 1 saturated carbocycles. The summed E-state index contributed by atoms with van der Waals surface area (Å²) in [7, 11) is 0. The normalized spacial score (nSPS) is 19.8. The van der Waals surface area contributed by atoms with E-state index in [2.05, 4.69) is 28.0 Å². The third-order valence-corrected chi connectivity index (χ3v) is 4.78. The Bertz CT molecular complexity index is 394. The van der Waals surface area contributed by atoms with Crippen LogP contribution in [-0.2, 0) is 13.0 Å². The molecule has 1 aromatic rings. The third-order valence-electron chi connectivity index (χ3n) is 3.75. The highest BCUT2D eigenvalue weighted by Gasteiger charge is 2.47. The van der Waals surface area contributed by atoms with E-state index in [1.807, 2.05) is 18.5 Å². The van der Waals surface area contributed by atoms with Gasteiger partial charge >= 0.3 is 0 Å². The average Bonchev–Trinajstić information content (AvgIpc) is 2.97. The molecule has 0 saturated heterocycles. The van der Waals surface area contributed by atoms with Gasteiger partial charge in [-0.3, -0.25) is 4.68 Å². The molecule has 16 heavy (non-hydrogen) atoms. The lowest BCUT2D eigenvalue weighted by Gasteiger charge is -2.19. The molecule has 0 aliphatic heterocycles. The van der Waals surface area contributed by atoms with Gasteiger partial charge in [0.05, 0.1) is 22.0 Å². The van der Waals surface area contributed by atoms with Crippen molar-refractivity contribution in [2.45, 2.75) is 52.7 Å². The van der Waals surface area contributed by atoms with Crippen molar-refractivity contribution in [1.29, 1.82) is 0 Å². The first-order valence-electron chi connectivity index (χ1n) is 5.90. The van der Waals surface area contributed by atoms with Crippen LogP contribution in [0, 0.1) is 12.3 Å². The molecule has 0 aromatic carbocycles. The number of halogens is 1. The van der Waals surface area contributed by atoms with E-state index in [-0.39, 0.29) is 11.5 Å². The van der Waals surface area contributed by atoms with Crippen LogP contribution in [0.4, 0.5) is 0 Å². The average molecular weight is 287 g/mol. The third kappa shape index (κ3) is 1.93. The lowest BCUT2D eigenvalue weighted by atomic mass is 9.94. The van der Waals surface area contributed by atoms with Crippen LogP contribution in [0.3, 0.4) is 0 Å². The predicted molar refractivity (Wildman–Crippen MR) is 67.4 cm³/mol. The quantitative estimate of drug-likeness (QED) is 0.924. The second-order valence-corrected chi connectivity index (χ2v) is 5.67. The maximum atomic E-state index is 9.82. The smallest absolute Gasteiger partial charge is 0.0738 e. The van der Waals surface area contributed by atoms with Gasteiger partial charge in [-0.1, -0.05) is 0 Å². The molecule has 1 aliphatic carbocycles. The first-order chi connectivity index (χ1) is 7.50. The van der Waals surface area contributed by atoms with Gasteiger partial charge in [0.25, 0.3) is 0 Å². The van der Waals surface area contributed by atoms with Crippen LogP contribution in [0.5, 0.6) is 0 Å². The van der Waals surface area contributed by atoms with Crippen molar-refractivity contribution < 1.29 is 5.11 Å². The number of aliphatic hydroxyl groups is 1. The van der Waals surface area contributed by atoms with Crippen molar-refractivity contribution in [2.75, 3.05) is 0 Å². The predicted octanol–water partition coefficient (Wildman–Crippen LogP) is 2.68. The van der Waals surface area contributed by atoms with E-state index in [1.54, 1.807) is 0 Å². The molecule has 1 unspecified atom stereocenters. The Morgan fingerprint density at radius 2 is 2.19 bits per heavy atom. The lowest BCUT2D eigenvalue weighted by molar-refractivity contribution is 0.109. The minimum absolute atomic E-state index is 0.113. The number of rotatable bonds is 4. The zero-order chi connectivity index (χ0) is 11.9. The van der Waals surface area contributed by atoms with Crippen LogP contribution < -0.4 is 0 Å². The van der Waals surface area contributed by atoms with Crippen molar-refractivity contribution in [2.24, 2.45) is 5.41 Å². The summed E-state index contributed by atoms with van der Waals surface area (Å²) >= 11 is 3.61. The van der Waals surface area contributed by atoms with Crippen LogP contribution in [0.25, 0.3) is 0 Å². The minimum Gasteiger partial charge on any atom is -0.393 e. The molecule has 1 aromatic heterocycles. The molecule has 1 atom stereocenters. The fourth-order valence-corrected chi connectivity index (χ4v) is 2.70. The Hall–Kier alpha value is -0.350. The van der Waals surface area contributed by atoms with Gasteiger partial charge in [0.15, 0.2) is 0 Å². The summed E-state index contributed by atoms with van der Waals surface area (Å²) in [6, 6.07) is 0. The molecule has 4 heteroatoms. The number of aliphatic hydroxyl groups excluding tert-OH is 1. The highest BCUT2D eigenvalue weighted by molar-refractivity contribution is 9.10. The summed E-state index contributed by atoms with van der Waals surface area (Å²) in [4.78, 5) is 0. The fraction of sp³-hybridized carbons (Fsp3) is 0.750. The highest BCUT2D eigenvalue weighted by atomic mass is 79.9. The zero-order valence-corrected chi connectivity index (χ0v) is 11.7. The van der Waals surface area contributed by atoms with Gasteiger partial charge in [-0.2, -0.15) is 5.10 Å². The van der Waals surface area contributed by atoms with Gasteiger partial charge in [0.2, 0.25) is 0 Å². The first-order valence-corrected chi connectivity index (χ1v) is 6.69. The van der Waals surface area contributed by atoms with E-state index >= 15 is 0 Å². The Kier molecular flexibility index (Phi) is 3.14. The van der Waals surface area contributed by atoms with E-state index in [4.69, 9.17) is 0 Å². The van der Waals surface area contributed by atoms with Crippen LogP contribution in [0.2, 0.25) is 0 Å². The van der Waals surface area contributed by atoms with Gasteiger partial charge in [-0.15, -0.1) is 0 Å². The van der Waals surface area contributed by atoms with Crippen LogP contribution in [0.15, 0.2) is 4.47 Å². The molecule has 3 nitrogen and oxygen atoms in total. The van der Waals surface area contributed by atoms with E-state index < -0.39 is 0 Å². The van der Waals surface area contributed by atoms with E-state index in [0.717, 1.165) is 36.0 Å². The molecule has 1 fully saturated rings. The van der Waals surface area contributed by atoms with Crippen molar-refractivity contribution in [3.05, 3.63) is 15.9 Å². The fourth-order valence-electron chi connectivity index (χ4n) is 2.27. The summed E-state index contributed by atoms with van der Waals surface area (Å²) in [5.74, 6) is 0. The Morgan fingerprint density at radius 1 is 1.56 bits per heavy atom. The molecule has 0 bridgehead atoms. The number of aromatic nitrogens is 2. The molecule has 0 amide bonds. The van der Waals surface area contributed by atoms with E-state index in [1.165, 1.54) is 5.69 Å². The molecule has 1 N–H and O–H groups in total. The summed E-state index contributed by atoms with van der Waals surface area (Å²) < 4.78 is 3.16. The van der Waals surface area contributed by atoms with Gasteiger partial charge in [0.1, 0.15) is 0 Å². The summed E-state index contributed by atoms with van der Waals surface area (Å²) in [5.41, 5.74) is 2.39. The Labute approximate surface area is 105 Å². The molecule has 90 valence electrons. The van der Waals surface area contributed by atoms with Crippen molar-refractivity contribution >= 4 is 15.9 Å².